The smallest absolute Gasteiger partial charge is 0.254 e. The molecule has 1 amide bonds. The van der Waals surface area contributed by atoms with E-state index in [0.29, 0.717) is 12.6 Å². The zero-order chi connectivity index (χ0) is 27.2. The first-order valence-corrected chi connectivity index (χ1v) is 14.1. The van der Waals surface area contributed by atoms with Crippen LogP contribution in [0.15, 0.2) is 23.7 Å². The van der Waals surface area contributed by atoms with E-state index in [9.17, 15) is 23.1 Å². The number of aromatic nitrogens is 3. The third kappa shape index (κ3) is 4.73. The largest absolute Gasteiger partial charge is 0.503 e. The number of hydrogen-bond donors (Lipinski definition) is 3. The first-order valence-electron chi connectivity index (χ1n) is 13.2. The van der Waals surface area contributed by atoms with Crippen LogP contribution >= 0.6 is 11.3 Å². The lowest BCUT2D eigenvalue weighted by Gasteiger charge is -2.52. The van der Waals surface area contributed by atoms with Crippen molar-refractivity contribution in [3.8, 4) is 17.1 Å². The second-order valence-corrected chi connectivity index (χ2v) is 11.7. The minimum absolute atomic E-state index is 0.0155. The molecule has 3 aromatic rings. The number of carbonyl (C=O) groups excluding carboxylic acids is 1. The fourth-order valence-corrected chi connectivity index (χ4v) is 7.21. The number of nitrogens with one attached hydrogen (secondary N) is 2. The van der Waals surface area contributed by atoms with Crippen molar-refractivity contribution in [3.63, 3.8) is 0 Å². The van der Waals surface area contributed by atoms with Crippen LogP contribution in [0.1, 0.15) is 53.9 Å². The minimum atomic E-state index is -1.76. The van der Waals surface area contributed by atoms with Crippen LogP contribution < -0.4 is 15.5 Å². The molecule has 39 heavy (non-hydrogen) atoms. The molecule has 0 radical (unpaired) electrons. The molecule has 1 aromatic carbocycles. The molecule has 1 saturated heterocycles. The van der Waals surface area contributed by atoms with Gasteiger partial charge < -0.3 is 20.6 Å². The quantitative estimate of drug-likeness (QED) is 0.391. The monoisotopic (exact) mass is 558 g/mol. The number of hydrogen-bond acceptors (Lipinski definition) is 8. The van der Waals surface area contributed by atoms with Crippen LogP contribution in [0.2, 0.25) is 0 Å². The van der Waals surface area contributed by atoms with Crippen molar-refractivity contribution in [2.75, 3.05) is 37.6 Å². The molecule has 3 aliphatic carbocycles. The van der Waals surface area contributed by atoms with Crippen molar-refractivity contribution in [2.45, 2.75) is 43.9 Å². The van der Waals surface area contributed by atoms with Crippen molar-refractivity contribution in [1.29, 1.82) is 0 Å². The molecule has 0 atom stereocenters. The van der Waals surface area contributed by atoms with E-state index in [1.54, 1.807) is 17.5 Å². The summed E-state index contributed by atoms with van der Waals surface area (Å²) in [5.41, 5.74) is 0.759. The number of anilines is 1. The van der Waals surface area contributed by atoms with Gasteiger partial charge in [0.25, 0.3) is 5.91 Å². The summed E-state index contributed by atoms with van der Waals surface area (Å²) in [4.78, 5) is 29.0. The fraction of sp³-hybridized carbons (Fsp3) is 0.481. The number of piperazine rings is 1. The summed E-state index contributed by atoms with van der Waals surface area (Å²) < 4.78 is 41.5. The number of nitrogens with zero attached hydrogens (tertiary/aromatic N) is 4. The highest BCUT2D eigenvalue weighted by Gasteiger charge is 2.50. The average molecular weight is 559 g/mol. The second-order valence-electron chi connectivity index (χ2n) is 10.9. The maximum Gasteiger partial charge on any atom is 0.254 e. The first-order chi connectivity index (χ1) is 18.8. The molecular weight excluding hydrogens is 529 g/mol. The molecule has 4 fully saturated rings. The van der Waals surface area contributed by atoms with Gasteiger partial charge in [0.05, 0.1) is 16.3 Å². The highest BCUT2D eigenvalue weighted by Crippen LogP contribution is 2.58. The normalized spacial score (nSPS) is 24.6. The van der Waals surface area contributed by atoms with Crippen LogP contribution in [-0.4, -0.2) is 58.7 Å². The van der Waals surface area contributed by atoms with E-state index < -0.39 is 34.7 Å². The lowest BCUT2D eigenvalue weighted by atomic mass is 9.54. The molecular formula is C27H29F3N6O2S. The van der Waals surface area contributed by atoms with Crippen molar-refractivity contribution in [2.24, 2.45) is 5.41 Å². The van der Waals surface area contributed by atoms with Crippen LogP contribution in [0.5, 0.6) is 5.75 Å². The maximum atomic E-state index is 14.1. The SMILES string of the molecule is O=C(NC[C@]12CC[C@](c3nc(-c4ccnc(N5CCNCC5)n4)cs3)(CC1)CC2)c1cc(F)c(O)c(F)c1F. The zero-order valence-electron chi connectivity index (χ0n) is 21.3. The van der Waals surface area contributed by atoms with E-state index in [1.807, 2.05) is 6.07 Å². The standard InChI is InChI=1S/C27H29F3N6O2S/c28-17-13-16(20(29)21(30)22(17)37)23(38)33-15-26-2-5-27(6-3-26,7-4-26)24-34-19(14-39-24)18-1-8-32-25(35-18)36-11-9-31-10-12-36/h1,8,13-14,31,37H,2-7,9-12,15H2,(H,33,38)/t26-,27+. The molecule has 2 bridgehead atoms. The summed E-state index contributed by atoms with van der Waals surface area (Å²) in [6, 6.07) is 2.42. The summed E-state index contributed by atoms with van der Waals surface area (Å²) in [6.07, 6.45) is 7.14. The van der Waals surface area contributed by atoms with Gasteiger partial charge >= 0.3 is 0 Å². The van der Waals surface area contributed by atoms with Gasteiger partial charge in [0, 0.05) is 49.7 Å². The molecule has 3 heterocycles. The number of halogens is 3. The molecule has 206 valence electrons. The number of fused-ring (bicyclic) bond motifs is 3. The predicted molar refractivity (Wildman–Crippen MR) is 140 cm³/mol. The number of carbonyl (C=O) groups is 1. The minimum Gasteiger partial charge on any atom is -0.503 e. The van der Waals surface area contributed by atoms with E-state index in [-0.39, 0.29) is 10.8 Å². The Balaban J connectivity index is 1.11. The molecule has 3 saturated carbocycles. The number of thiazole rings is 1. The Bertz CT molecular complexity index is 1390. The summed E-state index contributed by atoms with van der Waals surface area (Å²) >= 11 is 1.66. The second kappa shape index (κ2) is 10.1. The van der Waals surface area contributed by atoms with Gasteiger partial charge in [-0.1, -0.05) is 0 Å². The molecule has 12 heteroatoms. The topological polar surface area (TPSA) is 103 Å². The number of aromatic hydroxyl groups is 1. The predicted octanol–water partition coefficient (Wildman–Crippen LogP) is 4.15. The highest BCUT2D eigenvalue weighted by atomic mass is 32.1. The maximum absolute atomic E-state index is 14.1. The van der Waals surface area contributed by atoms with E-state index in [2.05, 4.69) is 25.9 Å². The van der Waals surface area contributed by atoms with E-state index in [1.165, 1.54) is 0 Å². The lowest BCUT2D eigenvalue weighted by molar-refractivity contribution is 0.0385. The molecule has 3 N–H and O–H groups in total. The van der Waals surface area contributed by atoms with Gasteiger partial charge in [0.1, 0.15) is 5.69 Å². The van der Waals surface area contributed by atoms with Gasteiger partial charge in [-0.05, 0) is 56.1 Å². The highest BCUT2D eigenvalue weighted by molar-refractivity contribution is 7.10. The summed E-state index contributed by atoms with van der Waals surface area (Å²) in [5.74, 6) is -6.29. The van der Waals surface area contributed by atoms with E-state index >= 15 is 0 Å². The third-order valence-corrected chi connectivity index (χ3v) is 9.76. The Kier molecular flexibility index (Phi) is 6.70. The summed E-state index contributed by atoms with van der Waals surface area (Å²) in [6.45, 7) is 3.85. The Morgan fingerprint density at radius 2 is 1.77 bits per heavy atom. The first kappa shape index (κ1) is 26.0. The van der Waals surface area contributed by atoms with Gasteiger partial charge in [-0.3, -0.25) is 4.79 Å². The van der Waals surface area contributed by atoms with Gasteiger partial charge in [0.15, 0.2) is 17.4 Å². The number of amides is 1. The Labute approximate surface area is 227 Å². The molecule has 0 unspecified atom stereocenters. The fourth-order valence-electron chi connectivity index (χ4n) is 6.11. The number of phenolic OH excluding ortho intramolecular Hbond substituents is 1. The van der Waals surface area contributed by atoms with Gasteiger partial charge in [-0.25, -0.2) is 23.7 Å². The van der Waals surface area contributed by atoms with Crippen LogP contribution in [-0.2, 0) is 5.41 Å². The van der Waals surface area contributed by atoms with Crippen molar-refractivity contribution in [1.82, 2.24) is 25.6 Å². The lowest BCUT2D eigenvalue weighted by Crippen LogP contribution is -2.49. The average Bonchev–Trinajstić information content (AvgIpc) is 3.50. The molecule has 4 aliphatic rings. The summed E-state index contributed by atoms with van der Waals surface area (Å²) in [5, 5.41) is 18.4. The van der Waals surface area contributed by atoms with Gasteiger partial charge in [-0.15, -0.1) is 11.3 Å². The molecule has 2 aromatic heterocycles. The van der Waals surface area contributed by atoms with Crippen LogP contribution in [0.4, 0.5) is 19.1 Å². The third-order valence-electron chi connectivity index (χ3n) is 8.67. The van der Waals surface area contributed by atoms with E-state index in [4.69, 9.17) is 9.97 Å². The van der Waals surface area contributed by atoms with E-state index in [0.717, 1.165) is 87.0 Å². The number of rotatable bonds is 6. The van der Waals surface area contributed by atoms with Crippen LogP contribution in [0.25, 0.3) is 11.4 Å². The Morgan fingerprint density at radius 3 is 2.49 bits per heavy atom. The molecule has 0 spiro atoms. The zero-order valence-corrected chi connectivity index (χ0v) is 22.1. The number of benzene rings is 1. The molecule has 8 nitrogen and oxygen atoms in total. The van der Waals surface area contributed by atoms with Crippen molar-refractivity contribution in [3.05, 3.63) is 51.7 Å². The van der Waals surface area contributed by atoms with Crippen LogP contribution in [0.3, 0.4) is 0 Å². The van der Waals surface area contributed by atoms with Crippen molar-refractivity contribution < 1.29 is 23.1 Å². The number of phenols is 1. The van der Waals surface area contributed by atoms with Gasteiger partial charge in [0.2, 0.25) is 11.8 Å². The van der Waals surface area contributed by atoms with Crippen molar-refractivity contribution >= 4 is 23.2 Å². The van der Waals surface area contributed by atoms with Crippen LogP contribution in [0, 0.1) is 22.9 Å². The van der Waals surface area contributed by atoms with Gasteiger partial charge in [-0.2, -0.15) is 4.39 Å². The molecule has 7 rings (SSSR count). The Hall–Kier alpha value is -3.25. The summed E-state index contributed by atoms with van der Waals surface area (Å²) in [7, 11) is 0. The Morgan fingerprint density at radius 1 is 1.05 bits per heavy atom. The molecule has 1 aliphatic heterocycles.